The third kappa shape index (κ3) is 2.39. The van der Waals surface area contributed by atoms with Crippen molar-refractivity contribution in [3.63, 3.8) is 0 Å². The average Bonchev–Trinajstić information content (AvgIpc) is 2.73. The summed E-state index contributed by atoms with van der Waals surface area (Å²) < 4.78 is 40.6. The van der Waals surface area contributed by atoms with Crippen LogP contribution in [0.1, 0.15) is 12.0 Å². The average molecular weight is 318 g/mol. The van der Waals surface area contributed by atoms with Gasteiger partial charge in [0.1, 0.15) is 0 Å². The van der Waals surface area contributed by atoms with Crippen LogP contribution in [0, 0.1) is 17.5 Å². The minimum absolute atomic E-state index is 0.107. The largest absolute Gasteiger partial charge is 0.367 e. The van der Waals surface area contributed by atoms with Crippen LogP contribution >= 0.6 is 0 Å². The third-order valence-electron chi connectivity index (χ3n) is 4.82. The fraction of sp³-hybridized carbons (Fsp3) is 0.333. The highest BCUT2D eigenvalue weighted by atomic mass is 19.2. The van der Waals surface area contributed by atoms with E-state index in [-0.39, 0.29) is 5.56 Å². The summed E-state index contributed by atoms with van der Waals surface area (Å²) in [5.41, 5.74) is 3.02. The first-order chi connectivity index (χ1) is 11.1. The number of hydrogen-bond acceptors (Lipinski definition) is 2. The van der Waals surface area contributed by atoms with Crippen LogP contribution in [0.25, 0.3) is 11.1 Å². The van der Waals surface area contributed by atoms with Crippen molar-refractivity contribution in [3.8, 4) is 11.1 Å². The summed E-state index contributed by atoms with van der Waals surface area (Å²) in [5, 5.41) is 3.39. The summed E-state index contributed by atoms with van der Waals surface area (Å²) in [7, 11) is 0. The topological polar surface area (TPSA) is 15.3 Å². The number of halogens is 3. The molecule has 120 valence electrons. The quantitative estimate of drug-likeness (QED) is 0.810. The molecular formula is C18H17F3N2. The highest BCUT2D eigenvalue weighted by molar-refractivity contribution is 5.71. The SMILES string of the molecule is Fc1ccc(-c2ccc3c(c2)CC2CCNCCN32)c(F)c1F. The number of nitrogens with zero attached hydrogens (tertiary/aromatic N) is 1. The fourth-order valence-corrected chi connectivity index (χ4v) is 3.66. The molecule has 23 heavy (non-hydrogen) atoms. The zero-order chi connectivity index (χ0) is 16.0. The number of anilines is 1. The van der Waals surface area contributed by atoms with Gasteiger partial charge in [0.15, 0.2) is 17.5 Å². The lowest BCUT2D eigenvalue weighted by molar-refractivity contribution is 0.449. The second kappa shape index (κ2) is 5.57. The van der Waals surface area contributed by atoms with Crippen molar-refractivity contribution < 1.29 is 13.2 Å². The summed E-state index contributed by atoms with van der Waals surface area (Å²) >= 11 is 0. The lowest BCUT2D eigenvalue weighted by Gasteiger charge is -2.24. The van der Waals surface area contributed by atoms with Gasteiger partial charge in [0.2, 0.25) is 0 Å². The first-order valence-corrected chi connectivity index (χ1v) is 7.89. The first kappa shape index (κ1) is 14.6. The monoisotopic (exact) mass is 318 g/mol. The van der Waals surface area contributed by atoms with Crippen LogP contribution in [-0.2, 0) is 6.42 Å². The molecule has 0 aliphatic carbocycles. The summed E-state index contributed by atoms with van der Waals surface area (Å²) in [6, 6.07) is 8.40. The van der Waals surface area contributed by atoms with Crippen molar-refractivity contribution in [1.82, 2.24) is 5.32 Å². The number of hydrogen-bond donors (Lipinski definition) is 1. The minimum atomic E-state index is -1.41. The molecule has 0 saturated carbocycles. The molecule has 0 aromatic heterocycles. The Morgan fingerprint density at radius 3 is 2.74 bits per heavy atom. The van der Waals surface area contributed by atoms with Gasteiger partial charge in [-0.25, -0.2) is 13.2 Å². The standard InChI is InChI=1S/C18H17F3N2/c19-15-3-2-14(17(20)18(15)21)11-1-4-16-12(9-11)10-13-5-6-22-7-8-23(13)16/h1-4,9,13,22H,5-8,10H2. The summed E-state index contributed by atoms with van der Waals surface area (Å²) in [6.07, 6.45) is 1.99. The molecule has 1 atom stereocenters. The molecule has 2 aliphatic heterocycles. The second-order valence-corrected chi connectivity index (χ2v) is 6.16. The van der Waals surface area contributed by atoms with Gasteiger partial charge in [-0.3, -0.25) is 0 Å². The van der Waals surface area contributed by atoms with E-state index in [9.17, 15) is 13.2 Å². The Balaban J connectivity index is 1.73. The maximum Gasteiger partial charge on any atom is 0.195 e. The zero-order valence-corrected chi connectivity index (χ0v) is 12.6. The summed E-state index contributed by atoms with van der Waals surface area (Å²) in [4.78, 5) is 2.39. The smallest absolute Gasteiger partial charge is 0.195 e. The molecule has 2 heterocycles. The molecule has 0 bridgehead atoms. The van der Waals surface area contributed by atoms with Crippen molar-refractivity contribution in [2.45, 2.75) is 18.9 Å². The summed E-state index contributed by atoms with van der Waals surface area (Å²) in [5.74, 6) is -3.70. The molecule has 0 spiro atoms. The van der Waals surface area contributed by atoms with Gasteiger partial charge in [0, 0.05) is 30.4 Å². The van der Waals surface area contributed by atoms with Crippen molar-refractivity contribution in [1.29, 1.82) is 0 Å². The van der Waals surface area contributed by atoms with Gasteiger partial charge in [-0.05, 0) is 54.8 Å². The molecule has 1 unspecified atom stereocenters. The van der Waals surface area contributed by atoms with Crippen molar-refractivity contribution in [2.75, 3.05) is 24.5 Å². The lowest BCUT2D eigenvalue weighted by Crippen LogP contribution is -2.32. The van der Waals surface area contributed by atoms with Gasteiger partial charge >= 0.3 is 0 Å². The Hall–Kier alpha value is -2.01. The molecule has 1 fully saturated rings. The number of benzene rings is 2. The van der Waals surface area contributed by atoms with Gasteiger partial charge in [0.25, 0.3) is 0 Å². The van der Waals surface area contributed by atoms with E-state index in [0.29, 0.717) is 11.6 Å². The van der Waals surface area contributed by atoms with Crippen LogP contribution in [0.2, 0.25) is 0 Å². The fourth-order valence-electron chi connectivity index (χ4n) is 3.66. The van der Waals surface area contributed by atoms with Gasteiger partial charge in [-0.2, -0.15) is 0 Å². The lowest BCUT2D eigenvalue weighted by atomic mass is 10.00. The Labute approximate surface area is 132 Å². The normalized spacial score (nSPS) is 20.1. The molecule has 1 saturated heterocycles. The minimum Gasteiger partial charge on any atom is -0.367 e. The highest BCUT2D eigenvalue weighted by Crippen LogP contribution is 2.37. The van der Waals surface area contributed by atoms with Crippen molar-refractivity contribution in [2.24, 2.45) is 0 Å². The second-order valence-electron chi connectivity index (χ2n) is 6.16. The predicted molar refractivity (Wildman–Crippen MR) is 84.1 cm³/mol. The molecular weight excluding hydrogens is 301 g/mol. The van der Waals surface area contributed by atoms with E-state index in [1.165, 1.54) is 11.8 Å². The van der Waals surface area contributed by atoms with E-state index < -0.39 is 17.5 Å². The van der Waals surface area contributed by atoms with E-state index in [1.807, 2.05) is 12.1 Å². The van der Waals surface area contributed by atoms with Crippen LogP contribution in [0.15, 0.2) is 30.3 Å². The molecule has 0 amide bonds. The van der Waals surface area contributed by atoms with E-state index >= 15 is 0 Å². The molecule has 2 aromatic rings. The maximum atomic E-state index is 14.0. The number of fused-ring (bicyclic) bond motifs is 3. The Kier molecular flexibility index (Phi) is 3.53. The summed E-state index contributed by atoms with van der Waals surface area (Å²) in [6.45, 7) is 2.91. The highest BCUT2D eigenvalue weighted by Gasteiger charge is 2.30. The van der Waals surface area contributed by atoms with Crippen molar-refractivity contribution in [3.05, 3.63) is 53.3 Å². The van der Waals surface area contributed by atoms with Crippen LogP contribution in [0.5, 0.6) is 0 Å². The third-order valence-corrected chi connectivity index (χ3v) is 4.82. The maximum absolute atomic E-state index is 14.0. The van der Waals surface area contributed by atoms with Crippen LogP contribution in [-0.4, -0.2) is 25.7 Å². The van der Waals surface area contributed by atoms with E-state index in [1.54, 1.807) is 6.07 Å². The van der Waals surface area contributed by atoms with Gasteiger partial charge in [-0.15, -0.1) is 0 Å². The van der Waals surface area contributed by atoms with Crippen LogP contribution in [0.4, 0.5) is 18.9 Å². The van der Waals surface area contributed by atoms with E-state index in [0.717, 1.165) is 44.1 Å². The molecule has 1 N–H and O–H groups in total. The molecule has 2 aliphatic rings. The Morgan fingerprint density at radius 2 is 1.87 bits per heavy atom. The molecule has 5 heteroatoms. The van der Waals surface area contributed by atoms with E-state index in [2.05, 4.69) is 10.2 Å². The first-order valence-electron chi connectivity index (χ1n) is 7.89. The number of rotatable bonds is 1. The Bertz CT molecular complexity index is 760. The van der Waals surface area contributed by atoms with Gasteiger partial charge in [-0.1, -0.05) is 6.07 Å². The zero-order valence-electron chi connectivity index (χ0n) is 12.6. The van der Waals surface area contributed by atoms with Crippen LogP contribution in [0.3, 0.4) is 0 Å². The molecule has 2 aromatic carbocycles. The van der Waals surface area contributed by atoms with E-state index in [4.69, 9.17) is 0 Å². The van der Waals surface area contributed by atoms with Gasteiger partial charge in [0.05, 0.1) is 0 Å². The van der Waals surface area contributed by atoms with Crippen molar-refractivity contribution >= 4 is 5.69 Å². The molecule has 2 nitrogen and oxygen atoms in total. The molecule has 4 rings (SSSR count). The molecule has 0 radical (unpaired) electrons. The van der Waals surface area contributed by atoms with Crippen LogP contribution < -0.4 is 10.2 Å². The Morgan fingerprint density at radius 1 is 1.00 bits per heavy atom. The van der Waals surface area contributed by atoms with Gasteiger partial charge < -0.3 is 10.2 Å². The number of nitrogens with one attached hydrogen (secondary N) is 1. The predicted octanol–water partition coefficient (Wildman–Crippen LogP) is 3.50.